The van der Waals surface area contributed by atoms with Crippen LogP contribution >= 0.6 is 0 Å². The van der Waals surface area contributed by atoms with Crippen molar-refractivity contribution in [3.05, 3.63) is 0 Å². The van der Waals surface area contributed by atoms with E-state index in [9.17, 15) is 9.59 Å². The molecule has 1 aliphatic rings. The Balaban J connectivity index is 2.35. The molecule has 0 aromatic carbocycles. The lowest BCUT2D eigenvalue weighted by Crippen LogP contribution is -2.48. The number of carbonyl (C=O) groups is 2. The van der Waals surface area contributed by atoms with Gasteiger partial charge in [-0.3, -0.25) is 9.59 Å². The van der Waals surface area contributed by atoms with E-state index in [-0.39, 0.29) is 17.1 Å². The summed E-state index contributed by atoms with van der Waals surface area (Å²) in [6, 6.07) is 0. The van der Waals surface area contributed by atoms with Gasteiger partial charge in [0.05, 0.1) is 0 Å². The fourth-order valence-electron chi connectivity index (χ4n) is 2.29. The predicted octanol–water partition coefficient (Wildman–Crippen LogP) is 2.78. The summed E-state index contributed by atoms with van der Waals surface area (Å²) in [6.07, 6.45) is 5.69. The molecule has 1 fully saturated rings. The largest absolute Gasteiger partial charge is 0.341 e. The maximum absolute atomic E-state index is 12.0. The minimum Gasteiger partial charge on any atom is -0.341 e. The molecule has 0 aromatic rings. The topological polar surface area (TPSA) is 37.4 Å². The van der Waals surface area contributed by atoms with Gasteiger partial charge < -0.3 is 4.90 Å². The van der Waals surface area contributed by atoms with E-state index < -0.39 is 0 Å². The molecular formula is C14H25NO2. The van der Waals surface area contributed by atoms with Crippen LogP contribution in [0.2, 0.25) is 0 Å². The summed E-state index contributed by atoms with van der Waals surface area (Å²) in [7, 11) is 0. The van der Waals surface area contributed by atoms with Crippen molar-refractivity contribution < 1.29 is 9.59 Å². The standard InChI is InChI=1S/C14H25NO2/c1-4-5-6-7-8-13(17)15-10-9-12(16)14(2,3)11-15/h4-11H2,1-3H3. The van der Waals surface area contributed by atoms with Gasteiger partial charge in [-0.15, -0.1) is 0 Å². The van der Waals surface area contributed by atoms with Crippen LogP contribution in [0, 0.1) is 5.41 Å². The minimum atomic E-state index is -0.350. The van der Waals surface area contributed by atoms with Crippen molar-refractivity contribution in [1.29, 1.82) is 0 Å². The van der Waals surface area contributed by atoms with E-state index in [1.807, 2.05) is 18.7 Å². The van der Waals surface area contributed by atoms with Crippen LogP contribution in [-0.2, 0) is 9.59 Å². The number of rotatable bonds is 5. The zero-order valence-corrected chi connectivity index (χ0v) is 11.4. The van der Waals surface area contributed by atoms with Crippen molar-refractivity contribution in [3.63, 3.8) is 0 Å². The van der Waals surface area contributed by atoms with E-state index in [1.54, 1.807) is 0 Å². The minimum absolute atomic E-state index is 0.224. The molecule has 0 radical (unpaired) electrons. The SMILES string of the molecule is CCCCCCC(=O)N1CCC(=O)C(C)(C)C1. The third-order valence-corrected chi connectivity index (χ3v) is 3.55. The number of carbonyl (C=O) groups excluding carboxylic acids is 2. The van der Waals surface area contributed by atoms with E-state index in [0.29, 0.717) is 25.9 Å². The molecule has 0 aliphatic carbocycles. The molecule has 1 rings (SSSR count). The second-order valence-electron chi connectivity index (χ2n) is 5.68. The number of ketones is 1. The van der Waals surface area contributed by atoms with Crippen LogP contribution in [0.5, 0.6) is 0 Å². The van der Waals surface area contributed by atoms with Gasteiger partial charge in [-0.05, 0) is 6.42 Å². The summed E-state index contributed by atoms with van der Waals surface area (Å²) in [5.41, 5.74) is -0.350. The van der Waals surface area contributed by atoms with Gasteiger partial charge in [-0.2, -0.15) is 0 Å². The second-order valence-corrected chi connectivity index (χ2v) is 5.68. The summed E-state index contributed by atoms with van der Waals surface area (Å²) in [5.74, 6) is 0.509. The summed E-state index contributed by atoms with van der Waals surface area (Å²) >= 11 is 0. The molecule has 0 aromatic heterocycles. The van der Waals surface area contributed by atoms with Crippen molar-refractivity contribution in [3.8, 4) is 0 Å². The van der Waals surface area contributed by atoms with Gasteiger partial charge in [0, 0.05) is 31.3 Å². The molecule has 1 aliphatic heterocycles. The monoisotopic (exact) mass is 239 g/mol. The zero-order valence-electron chi connectivity index (χ0n) is 11.4. The lowest BCUT2D eigenvalue weighted by atomic mass is 9.82. The Hall–Kier alpha value is -0.860. The van der Waals surface area contributed by atoms with Crippen molar-refractivity contribution in [2.45, 2.75) is 59.3 Å². The molecule has 1 heterocycles. The van der Waals surface area contributed by atoms with Crippen LogP contribution in [0.3, 0.4) is 0 Å². The molecule has 3 nitrogen and oxygen atoms in total. The highest BCUT2D eigenvalue weighted by Gasteiger charge is 2.35. The van der Waals surface area contributed by atoms with Crippen LogP contribution < -0.4 is 0 Å². The Bertz CT molecular complexity index is 284. The van der Waals surface area contributed by atoms with Crippen molar-refractivity contribution in [2.24, 2.45) is 5.41 Å². The summed E-state index contributed by atoms with van der Waals surface area (Å²) in [6.45, 7) is 7.26. The van der Waals surface area contributed by atoms with Crippen LogP contribution in [0.25, 0.3) is 0 Å². The van der Waals surface area contributed by atoms with Gasteiger partial charge in [0.15, 0.2) is 0 Å². The van der Waals surface area contributed by atoms with E-state index in [2.05, 4.69) is 6.92 Å². The van der Waals surface area contributed by atoms with Crippen molar-refractivity contribution in [1.82, 2.24) is 4.90 Å². The summed E-state index contributed by atoms with van der Waals surface area (Å²) in [4.78, 5) is 25.5. The third-order valence-electron chi connectivity index (χ3n) is 3.55. The Morgan fingerprint density at radius 2 is 2.00 bits per heavy atom. The highest BCUT2D eigenvalue weighted by Crippen LogP contribution is 2.25. The van der Waals surface area contributed by atoms with E-state index >= 15 is 0 Å². The Morgan fingerprint density at radius 1 is 1.29 bits per heavy atom. The molecule has 0 unspecified atom stereocenters. The number of piperidine rings is 1. The highest BCUT2D eigenvalue weighted by molar-refractivity contribution is 5.87. The highest BCUT2D eigenvalue weighted by atomic mass is 16.2. The zero-order chi connectivity index (χ0) is 12.9. The first-order valence-electron chi connectivity index (χ1n) is 6.78. The normalized spacial score (nSPS) is 19.5. The molecule has 1 saturated heterocycles. The maximum atomic E-state index is 12.0. The number of hydrogen-bond acceptors (Lipinski definition) is 2. The molecule has 1 amide bonds. The lowest BCUT2D eigenvalue weighted by Gasteiger charge is -2.36. The van der Waals surface area contributed by atoms with Crippen molar-refractivity contribution in [2.75, 3.05) is 13.1 Å². The van der Waals surface area contributed by atoms with Crippen LogP contribution in [0.4, 0.5) is 0 Å². The predicted molar refractivity (Wildman–Crippen MR) is 68.7 cm³/mol. The number of Topliss-reactive ketones (excluding diaryl/α,β-unsaturated/α-hetero) is 1. The molecule has 0 saturated carbocycles. The van der Waals surface area contributed by atoms with Gasteiger partial charge in [-0.1, -0.05) is 40.0 Å². The first-order chi connectivity index (χ1) is 7.97. The van der Waals surface area contributed by atoms with Gasteiger partial charge >= 0.3 is 0 Å². The van der Waals surface area contributed by atoms with E-state index in [4.69, 9.17) is 0 Å². The molecule has 0 spiro atoms. The number of likely N-dealkylation sites (tertiary alicyclic amines) is 1. The average Bonchev–Trinajstić information content (AvgIpc) is 2.28. The van der Waals surface area contributed by atoms with E-state index in [1.165, 1.54) is 12.8 Å². The number of nitrogens with zero attached hydrogens (tertiary/aromatic N) is 1. The van der Waals surface area contributed by atoms with Crippen molar-refractivity contribution >= 4 is 11.7 Å². The molecule has 3 heteroatoms. The lowest BCUT2D eigenvalue weighted by molar-refractivity contribution is -0.141. The molecule has 98 valence electrons. The molecular weight excluding hydrogens is 214 g/mol. The van der Waals surface area contributed by atoms with Crippen LogP contribution in [0.15, 0.2) is 0 Å². The molecule has 0 N–H and O–H groups in total. The fraction of sp³-hybridized carbons (Fsp3) is 0.857. The van der Waals surface area contributed by atoms with E-state index in [0.717, 1.165) is 12.8 Å². The first-order valence-corrected chi connectivity index (χ1v) is 6.78. The summed E-state index contributed by atoms with van der Waals surface area (Å²) in [5, 5.41) is 0. The maximum Gasteiger partial charge on any atom is 0.222 e. The molecule has 17 heavy (non-hydrogen) atoms. The van der Waals surface area contributed by atoms with Gasteiger partial charge in [0.2, 0.25) is 5.91 Å². The quantitative estimate of drug-likeness (QED) is 0.692. The second kappa shape index (κ2) is 6.18. The van der Waals surface area contributed by atoms with Gasteiger partial charge in [0.25, 0.3) is 0 Å². The van der Waals surface area contributed by atoms with Crippen LogP contribution in [-0.4, -0.2) is 29.7 Å². The molecule has 0 bridgehead atoms. The smallest absolute Gasteiger partial charge is 0.222 e. The Morgan fingerprint density at radius 3 is 2.59 bits per heavy atom. The number of unbranched alkanes of at least 4 members (excludes halogenated alkanes) is 3. The molecule has 0 atom stereocenters. The third kappa shape index (κ3) is 4.14. The van der Waals surface area contributed by atoms with Crippen LogP contribution in [0.1, 0.15) is 59.3 Å². The number of amides is 1. The fourth-order valence-corrected chi connectivity index (χ4v) is 2.29. The Kier molecular flexibility index (Phi) is 5.16. The summed E-state index contributed by atoms with van der Waals surface area (Å²) < 4.78 is 0. The van der Waals surface area contributed by atoms with Gasteiger partial charge in [0.1, 0.15) is 5.78 Å². The first kappa shape index (κ1) is 14.2. The number of hydrogen-bond donors (Lipinski definition) is 0. The van der Waals surface area contributed by atoms with Gasteiger partial charge in [-0.25, -0.2) is 0 Å². The Labute approximate surface area is 105 Å². The average molecular weight is 239 g/mol.